The van der Waals surface area contributed by atoms with Gasteiger partial charge >= 0.3 is 11.8 Å². The number of fused-ring (bicyclic) bond motifs is 2. The van der Waals surface area contributed by atoms with Crippen LogP contribution in [0, 0.1) is 11.8 Å². The third kappa shape index (κ3) is 7.93. The Kier molecular flexibility index (Phi) is 9.71. The van der Waals surface area contributed by atoms with Crippen LogP contribution in [-0.2, 0) is 20.7 Å². The average molecular weight is 726 g/mol. The molecule has 5 aromatic rings. The Labute approximate surface area is 305 Å². The van der Waals surface area contributed by atoms with E-state index in [9.17, 15) is 19.2 Å². The number of imidazole rings is 2. The summed E-state index contributed by atoms with van der Waals surface area (Å²) in [5, 5.41) is 3.45. The summed E-state index contributed by atoms with van der Waals surface area (Å²) in [7, 11) is 0. The number of carbonyl (C=O) groups excluding carboxylic acids is 3. The summed E-state index contributed by atoms with van der Waals surface area (Å²) in [5.41, 5.74) is 11.4. The molecule has 2 aromatic heterocycles. The van der Waals surface area contributed by atoms with Crippen LogP contribution in [0.4, 0.5) is 10.5 Å². The number of hydrogen-bond acceptors (Lipinski definition) is 7. The van der Waals surface area contributed by atoms with E-state index in [2.05, 4.69) is 20.3 Å². The second-order valence-electron chi connectivity index (χ2n) is 15.2. The van der Waals surface area contributed by atoms with Crippen LogP contribution in [0.15, 0.2) is 59.4 Å². The maximum absolute atomic E-state index is 14.2. The minimum absolute atomic E-state index is 0.184. The zero-order valence-electron chi connectivity index (χ0n) is 29.6. The highest BCUT2D eigenvalue weighted by atomic mass is 35.5. The van der Waals surface area contributed by atoms with Gasteiger partial charge in [0.15, 0.2) is 0 Å². The maximum Gasteiger partial charge on any atom is 0.407 e. The number of anilines is 1. The number of nitrogens with one attached hydrogen (secondary N) is 4. The zero-order valence-corrected chi connectivity index (χ0v) is 30.3. The lowest BCUT2D eigenvalue weighted by Crippen LogP contribution is -2.50. The summed E-state index contributed by atoms with van der Waals surface area (Å²) in [4.78, 5) is 67.3. The lowest BCUT2D eigenvalue weighted by molar-refractivity contribution is -0.130. The molecule has 0 spiro atoms. The quantitative estimate of drug-likeness (QED) is 0.112. The number of hydrogen-bond donors (Lipinski definition) is 5. The van der Waals surface area contributed by atoms with Crippen molar-refractivity contribution in [2.75, 3.05) is 11.4 Å². The van der Waals surface area contributed by atoms with Crippen molar-refractivity contribution in [3.63, 3.8) is 0 Å². The Bertz CT molecular complexity index is 2190. The highest BCUT2D eigenvalue weighted by molar-refractivity contribution is 6.34. The lowest BCUT2D eigenvalue weighted by Gasteiger charge is -2.32. The summed E-state index contributed by atoms with van der Waals surface area (Å²) in [5.74, 6) is 0.418. The molecular weight excluding hydrogens is 682 g/mol. The van der Waals surface area contributed by atoms with Crippen molar-refractivity contribution in [1.82, 2.24) is 25.3 Å². The van der Waals surface area contributed by atoms with Crippen LogP contribution in [0.5, 0.6) is 0 Å². The van der Waals surface area contributed by atoms with Gasteiger partial charge in [-0.1, -0.05) is 35.9 Å². The lowest BCUT2D eigenvalue weighted by atomic mass is 9.81. The van der Waals surface area contributed by atoms with Crippen LogP contribution >= 0.6 is 11.6 Å². The predicted octanol–water partition coefficient (Wildman–Crippen LogP) is 6.69. The number of halogens is 1. The first kappa shape index (κ1) is 35.5. The number of carbonyl (C=O) groups is 3. The number of nitrogens with zero attached hydrogens (tertiary/aromatic N) is 2. The Morgan fingerprint density at radius 3 is 2.35 bits per heavy atom. The van der Waals surface area contributed by atoms with Crippen LogP contribution in [0.1, 0.15) is 76.6 Å². The van der Waals surface area contributed by atoms with E-state index >= 15 is 0 Å². The summed E-state index contributed by atoms with van der Waals surface area (Å²) < 4.78 is 5.35. The van der Waals surface area contributed by atoms with E-state index in [-0.39, 0.29) is 23.9 Å². The summed E-state index contributed by atoms with van der Waals surface area (Å²) in [6.07, 6.45) is 4.55. The minimum atomic E-state index is -1.02. The number of aromatic amines is 3. The number of aromatic nitrogens is 4. The molecule has 272 valence electrons. The molecule has 3 amide bonds. The van der Waals surface area contributed by atoms with Gasteiger partial charge < -0.3 is 30.7 Å². The van der Waals surface area contributed by atoms with Crippen molar-refractivity contribution in [3.8, 4) is 11.1 Å². The van der Waals surface area contributed by atoms with E-state index in [4.69, 9.17) is 27.1 Å². The van der Waals surface area contributed by atoms with E-state index in [0.29, 0.717) is 59.9 Å². The molecule has 1 atom stereocenters. The fourth-order valence-electron chi connectivity index (χ4n) is 7.01. The fraction of sp³-hybridized carbons (Fsp3) is 0.410. The largest absolute Gasteiger partial charge is 0.444 e. The summed E-state index contributed by atoms with van der Waals surface area (Å²) in [6.45, 7) is 5.89. The van der Waals surface area contributed by atoms with Crippen LogP contribution in [0.25, 0.3) is 33.2 Å². The average Bonchev–Trinajstić information content (AvgIpc) is 3.77. The van der Waals surface area contributed by atoms with Gasteiger partial charge in [-0.2, -0.15) is 0 Å². The van der Waals surface area contributed by atoms with Crippen molar-refractivity contribution in [3.05, 3.63) is 81.5 Å². The molecule has 2 saturated carbocycles. The van der Waals surface area contributed by atoms with E-state index < -0.39 is 29.6 Å². The molecule has 2 aliphatic rings. The van der Waals surface area contributed by atoms with E-state index in [1.54, 1.807) is 18.2 Å². The summed E-state index contributed by atoms with van der Waals surface area (Å²) in [6, 6.07) is 15.5. The highest BCUT2D eigenvalue weighted by Gasteiger charge is 2.36. The zero-order chi connectivity index (χ0) is 36.7. The van der Waals surface area contributed by atoms with Gasteiger partial charge in [-0.3, -0.25) is 9.59 Å². The van der Waals surface area contributed by atoms with Gasteiger partial charge in [-0.05, 0) is 113 Å². The van der Waals surface area contributed by atoms with Crippen molar-refractivity contribution in [2.45, 2.75) is 83.3 Å². The number of rotatable bonds is 9. The molecular formula is C39H44ClN7O5. The molecule has 52 heavy (non-hydrogen) atoms. The van der Waals surface area contributed by atoms with Crippen LogP contribution in [-0.4, -0.2) is 56.0 Å². The van der Waals surface area contributed by atoms with Gasteiger partial charge in [-0.15, -0.1) is 0 Å². The first-order valence-electron chi connectivity index (χ1n) is 17.9. The van der Waals surface area contributed by atoms with Crippen molar-refractivity contribution in [2.24, 2.45) is 17.6 Å². The van der Waals surface area contributed by atoms with Crippen molar-refractivity contribution in [1.29, 1.82) is 0 Å². The number of imide groups is 1. The molecule has 2 fully saturated rings. The number of amides is 3. The standard InChI is InChI=1S/C39H44ClN7O5/c1-39(2,3)52-38(51)42-20-22-6-10-25(11-7-22)35(48)47(26-14-15-30-31(17-26)46-37(50)45-30)36(49)29(41)16-21-4-8-23(9-5-21)27-18-32-33(19-28(27)40)44-34(43-32)24-12-13-24/h4-5,8-9,14-15,17-19,22,24-25,29H,6-7,10-13,16,20,41H2,1-3H3,(H,42,51)(H,43,44)(H2,45,46,50)/t22?,25?,29-/m0/s1. The molecule has 12 nitrogen and oxygen atoms in total. The molecule has 0 radical (unpaired) electrons. The molecule has 0 saturated heterocycles. The molecule has 13 heteroatoms. The van der Waals surface area contributed by atoms with Crippen molar-refractivity contribution < 1.29 is 19.1 Å². The topological polar surface area (TPSA) is 179 Å². The van der Waals surface area contributed by atoms with Gasteiger partial charge in [-0.25, -0.2) is 19.5 Å². The number of alkyl carbamates (subject to hydrolysis) is 1. The van der Waals surface area contributed by atoms with E-state index in [1.807, 2.05) is 57.2 Å². The molecule has 2 heterocycles. The van der Waals surface area contributed by atoms with Crippen molar-refractivity contribution >= 4 is 57.3 Å². The van der Waals surface area contributed by atoms with Crippen LogP contribution in [0.2, 0.25) is 5.02 Å². The number of ether oxygens (including phenoxy) is 1. The van der Waals surface area contributed by atoms with E-state index in [0.717, 1.165) is 46.4 Å². The molecule has 7 rings (SSSR count). The molecule has 3 aromatic carbocycles. The smallest absolute Gasteiger partial charge is 0.407 e. The number of benzene rings is 3. The molecule has 0 bridgehead atoms. The second-order valence-corrected chi connectivity index (χ2v) is 15.6. The Morgan fingerprint density at radius 2 is 1.65 bits per heavy atom. The first-order chi connectivity index (χ1) is 24.8. The SMILES string of the molecule is CC(C)(C)OC(=O)NCC1CCC(C(=O)N(C(=O)[C@@H](N)Cc2ccc(-c3cc4nc(C5CC5)[nH]c4cc3Cl)cc2)c2ccc3[nH]c(=O)[nH]c3c2)CC1. The maximum atomic E-state index is 14.2. The van der Waals surface area contributed by atoms with Gasteiger partial charge in [0.2, 0.25) is 5.91 Å². The van der Waals surface area contributed by atoms with Gasteiger partial charge in [0.25, 0.3) is 5.91 Å². The van der Waals surface area contributed by atoms with Gasteiger partial charge in [0, 0.05) is 23.9 Å². The molecule has 0 unspecified atom stereocenters. The molecule has 0 aliphatic heterocycles. The molecule has 2 aliphatic carbocycles. The number of nitrogens with two attached hydrogens (primary N) is 1. The Balaban J connectivity index is 1.05. The molecule has 6 N–H and O–H groups in total. The number of H-pyrrole nitrogens is 3. The summed E-state index contributed by atoms with van der Waals surface area (Å²) >= 11 is 6.70. The third-order valence-electron chi connectivity index (χ3n) is 9.92. The Hall–Kier alpha value is -4.94. The predicted molar refractivity (Wildman–Crippen MR) is 201 cm³/mol. The van der Waals surface area contributed by atoms with Gasteiger partial charge in [0.1, 0.15) is 11.4 Å². The van der Waals surface area contributed by atoms with Gasteiger partial charge in [0.05, 0.1) is 38.8 Å². The first-order valence-corrected chi connectivity index (χ1v) is 18.3. The highest BCUT2D eigenvalue weighted by Crippen LogP contribution is 2.40. The third-order valence-corrected chi connectivity index (χ3v) is 10.2. The Morgan fingerprint density at radius 1 is 0.942 bits per heavy atom. The second kappa shape index (κ2) is 14.2. The van der Waals surface area contributed by atoms with Crippen LogP contribution in [0.3, 0.4) is 0 Å². The monoisotopic (exact) mass is 725 g/mol. The fourth-order valence-corrected chi connectivity index (χ4v) is 7.28. The minimum Gasteiger partial charge on any atom is -0.444 e. The van der Waals surface area contributed by atoms with Crippen LogP contribution < -0.4 is 21.6 Å². The normalized spacial score (nSPS) is 18.3. The van der Waals surface area contributed by atoms with E-state index in [1.165, 1.54) is 4.90 Å².